The molecule has 0 aliphatic rings. The van der Waals surface area contributed by atoms with Gasteiger partial charge in [-0.2, -0.15) is 9.78 Å². The van der Waals surface area contributed by atoms with Crippen LogP contribution >= 0.6 is 0 Å². The molecule has 3 rings (SSSR count). The summed E-state index contributed by atoms with van der Waals surface area (Å²) in [4.78, 5) is 15.6. The van der Waals surface area contributed by atoms with Gasteiger partial charge in [0.2, 0.25) is 0 Å². The Labute approximate surface area is 103 Å². The molecule has 0 bridgehead atoms. The van der Waals surface area contributed by atoms with Crippen LogP contribution < -0.4 is 5.32 Å². The van der Waals surface area contributed by atoms with Crippen molar-refractivity contribution in [3.63, 3.8) is 0 Å². The molecule has 0 saturated heterocycles. The van der Waals surface area contributed by atoms with Gasteiger partial charge >= 0.3 is 6.03 Å². The van der Waals surface area contributed by atoms with Gasteiger partial charge in [0.15, 0.2) is 0 Å². The first-order valence-corrected chi connectivity index (χ1v) is 5.48. The first kappa shape index (κ1) is 10.5. The summed E-state index contributed by atoms with van der Waals surface area (Å²) >= 11 is 0. The summed E-state index contributed by atoms with van der Waals surface area (Å²) in [5.41, 5.74) is 0.758. The lowest BCUT2D eigenvalue weighted by molar-refractivity contribution is 0.251. The number of carbonyl (C=O) groups excluding carboxylic acids is 1. The molecule has 0 unspecified atom stereocenters. The zero-order valence-electron chi connectivity index (χ0n) is 9.45. The number of rotatable bonds is 1. The number of carbonyl (C=O) groups is 1. The highest BCUT2D eigenvalue weighted by molar-refractivity contribution is 6.01. The van der Waals surface area contributed by atoms with Gasteiger partial charge in [0.25, 0.3) is 0 Å². The lowest BCUT2D eigenvalue weighted by atomic mass is 10.1. The maximum absolute atomic E-state index is 11.9. The highest BCUT2D eigenvalue weighted by atomic mass is 16.2. The number of benzene rings is 2. The molecule has 0 aliphatic heterocycles. The van der Waals surface area contributed by atoms with Crippen LogP contribution in [0.1, 0.15) is 0 Å². The molecular formula is C13H10N4O. The number of nitrogens with one attached hydrogen (secondary N) is 1. The van der Waals surface area contributed by atoms with Crippen molar-refractivity contribution >= 4 is 22.5 Å². The second-order valence-electron chi connectivity index (χ2n) is 3.80. The van der Waals surface area contributed by atoms with Crippen LogP contribution in [0, 0.1) is 0 Å². The van der Waals surface area contributed by atoms with Crippen LogP contribution in [0.4, 0.5) is 10.5 Å². The van der Waals surface area contributed by atoms with E-state index in [0.717, 1.165) is 21.1 Å². The average molecular weight is 238 g/mol. The molecule has 0 atom stereocenters. The van der Waals surface area contributed by atoms with E-state index in [0.29, 0.717) is 0 Å². The topological polar surface area (TPSA) is 59.8 Å². The Kier molecular flexibility index (Phi) is 2.49. The van der Waals surface area contributed by atoms with E-state index in [1.165, 1.54) is 12.7 Å². The molecular weight excluding hydrogens is 228 g/mol. The first-order chi connectivity index (χ1) is 8.84. The zero-order chi connectivity index (χ0) is 12.4. The molecule has 0 saturated carbocycles. The van der Waals surface area contributed by atoms with Crippen molar-refractivity contribution in [2.75, 3.05) is 5.32 Å². The molecule has 0 aliphatic carbocycles. The summed E-state index contributed by atoms with van der Waals surface area (Å²) in [7, 11) is 0. The lowest BCUT2D eigenvalue weighted by Gasteiger charge is -2.07. The van der Waals surface area contributed by atoms with Gasteiger partial charge in [-0.1, -0.05) is 36.4 Å². The van der Waals surface area contributed by atoms with E-state index in [9.17, 15) is 4.79 Å². The first-order valence-electron chi connectivity index (χ1n) is 5.48. The second-order valence-corrected chi connectivity index (χ2v) is 3.80. The van der Waals surface area contributed by atoms with Crippen LogP contribution in [0.25, 0.3) is 10.8 Å². The largest absolute Gasteiger partial charge is 0.348 e. The van der Waals surface area contributed by atoms with Crippen LogP contribution in [0.3, 0.4) is 0 Å². The second kappa shape index (κ2) is 4.29. The summed E-state index contributed by atoms with van der Waals surface area (Å²) in [6.45, 7) is 0. The third-order valence-corrected chi connectivity index (χ3v) is 2.66. The maximum Gasteiger partial charge on any atom is 0.348 e. The standard InChI is InChI=1S/C13H10N4O/c18-13(17-9-14-8-15-17)16-12-7-3-5-10-4-1-2-6-11(10)12/h1-9H,(H,16,18). The monoisotopic (exact) mass is 238 g/mol. The van der Waals surface area contributed by atoms with Gasteiger partial charge in [-0.25, -0.2) is 9.78 Å². The van der Waals surface area contributed by atoms with Crippen molar-refractivity contribution in [1.82, 2.24) is 14.8 Å². The summed E-state index contributed by atoms with van der Waals surface area (Å²) in [5.74, 6) is 0. The van der Waals surface area contributed by atoms with E-state index < -0.39 is 0 Å². The zero-order valence-corrected chi connectivity index (χ0v) is 9.45. The van der Waals surface area contributed by atoms with Gasteiger partial charge in [0.1, 0.15) is 12.7 Å². The van der Waals surface area contributed by atoms with Crippen LogP contribution in [-0.2, 0) is 0 Å². The fourth-order valence-corrected chi connectivity index (χ4v) is 1.82. The van der Waals surface area contributed by atoms with Crippen molar-refractivity contribution in [3.05, 3.63) is 55.1 Å². The third kappa shape index (κ3) is 1.82. The minimum Gasteiger partial charge on any atom is -0.305 e. The number of nitrogens with zero attached hydrogens (tertiary/aromatic N) is 3. The molecule has 0 fully saturated rings. The van der Waals surface area contributed by atoms with Gasteiger partial charge in [-0.15, -0.1) is 0 Å². The van der Waals surface area contributed by atoms with Crippen LogP contribution in [0.15, 0.2) is 55.1 Å². The number of hydrogen-bond donors (Lipinski definition) is 1. The lowest BCUT2D eigenvalue weighted by Crippen LogP contribution is -2.19. The quantitative estimate of drug-likeness (QED) is 0.708. The number of fused-ring (bicyclic) bond motifs is 1. The number of hydrogen-bond acceptors (Lipinski definition) is 3. The minimum atomic E-state index is -0.330. The van der Waals surface area contributed by atoms with E-state index >= 15 is 0 Å². The van der Waals surface area contributed by atoms with Crippen molar-refractivity contribution in [2.45, 2.75) is 0 Å². The van der Waals surface area contributed by atoms with Crippen LogP contribution in [-0.4, -0.2) is 20.8 Å². The Bertz CT molecular complexity index is 686. The predicted octanol–water partition coefficient (Wildman–Crippen LogP) is 2.51. The minimum absolute atomic E-state index is 0.330. The number of aromatic nitrogens is 3. The number of amides is 1. The normalized spacial score (nSPS) is 10.4. The number of anilines is 1. The van der Waals surface area contributed by atoms with Crippen molar-refractivity contribution in [2.24, 2.45) is 0 Å². The van der Waals surface area contributed by atoms with Crippen LogP contribution in [0.5, 0.6) is 0 Å². The van der Waals surface area contributed by atoms with E-state index in [1.54, 1.807) is 0 Å². The smallest absolute Gasteiger partial charge is 0.305 e. The molecule has 1 amide bonds. The van der Waals surface area contributed by atoms with Gasteiger partial charge in [0, 0.05) is 5.39 Å². The highest BCUT2D eigenvalue weighted by Gasteiger charge is 2.07. The Morgan fingerprint density at radius 1 is 1.11 bits per heavy atom. The summed E-state index contributed by atoms with van der Waals surface area (Å²) < 4.78 is 1.15. The Hall–Kier alpha value is -2.69. The van der Waals surface area contributed by atoms with Gasteiger partial charge in [0.05, 0.1) is 5.69 Å². The van der Waals surface area contributed by atoms with Crippen molar-refractivity contribution < 1.29 is 4.79 Å². The molecule has 2 aromatic carbocycles. The molecule has 0 spiro atoms. The maximum atomic E-state index is 11.9. The molecule has 1 N–H and O–H groups in total. The van der Waals surface area contributed by atoms with E-state index in [-0.39, 0.29) is 6.03 Å². The summed E-state index contributed by atoms with van der Waals surface area (Å²) in [5, 5.41) is 8.67. The van der Waals surface area contributed by atoms with Crippen molar-refractivity contribution in [1.29, 1.82) is 0 Å². The third-order valence-electron chi connectivity index (χ3n) is 2.66. The summed E-state index contributed by atoms with van der Waals surface area (Å²) in [6, 6.07) is 13.3. The Balaban J connectivity index is 1.98. The molecule has 1 heterocycles. The highest BCUT2D eigenvalue weighted by Crippen LogP contribution is 2.22. The molecule has 18 heavy (non-hydrogen) atoms. The molecule has 5 heteroatoms. The molecule has 5 nitrogen and oxygen atoms in total. The molecule has 88 valence electrons. The molecule has 3 aromatic rings. The Morgan fingerprint density at radius 3 is 2.78 bits per heavy atom. The van der Waals surface area contributed by atoms with E-state index in [4.69, 9.17) is 0 Å². The van der Waals surface area contributed by atoms with E-state index in [1.807, 2.05) is 42.5 Å². The van der Waals surface area contributed by atoms with Crippen molar-refractivity contribution in [3.8, 4) is 0 Å². The molecule has 1 aromatic heterocycles. The predicted molar refractivity (Wildman–Crippen MR) is 68.4 cm³/mol. The van der Waals surface area contributed by atoms with Gasteiger partial charge in [-0.05, 0) is 11.5 Å². The van der Waals surface area contributed by atoms with Gasteiger partial charge in [-0.3, -0.25) is 0 Å². The molecule has 0 radical (unpaired) electrons. The summed E-state index contributed by atoms with van der Waals surface area (Å²) in [6.07, 6.45) is 2.68. The SMILES string of the molecule is O=C(Nc1cccc2ccccc12)n1cncn1. The van der Waals surface area contributed by atoms with Crippen LogP contribution in [0.2, 0.25) is 0 Å². The van der Waals surface area contributed by atoms with Gasteiger partial charge < -0.3 is 5.32 Å². The fourth-order valence-electron chi connectivity index (χ4n) is 1.82. The average Bonchev–Trinajstić information content (AvgIpc) is 2.93. The fraction of sp³-hybridized carbons (Fsp3) is 0. The van der Waals surface area contributed by atoms with E-state index in [2.05, 4.69) is 15.4 Å². The Morgan fingerprint density at radius 2 is 1.94 bits per heavy atom.